The molecular formula is C15H8BrF2N3. The molecule has 0 aliphatic carbocycles. The van der Waals surface area contributed by atoms with Crippen LogP contribution in [-0.2, 0) is 0 Å². The summed E-state index contributed by atoms with van der Waals surface area (Å²) in [4.78, 5) is 4.20. The fourth-order valence-electron chi connectivity index (χ4n) is 1.89. The van der Waals surface area contributed by atoms with Crippen molar-refractivity contribution in [3.05, 3.63) is 64.8 Å². The summed E-state index contributed by atoms with van der Waals surface area (Å²) >= 11 is 3.33. The lowest BCUT2D eigenvalue weighted by Crippen LogP contribution is -1.98. The van der Waals surface area contributed by atoms with Gasteiger partial charge in [0, 0.05) is 10.0 Å². The predicted molar refractivity (Wildman–Crippen MR) is 78.3 cm³/mol. The van der Waals surface area contributed by atoms with Crippen LogP contribution in [0.5, 0.6) is 0 Å². The van der Waals surface area contributed by atoms with Crippen molar-refractivity contribution >= 4 is 15.9 Å². The number of hydrogen-bond acceptors (Lipinski definition) is 3. The topological polar surface area (TPSA) is 38.7 Å². The molecule has 0 atom stereocenters. The molecule has 0 aliphatic rings. The zero-order valence-electron chi connectivity index (χ0n) is 10.6. The van der Waals surface area contributed by atoms with Crippen molar-refractivity contribution < 1.29 is 8.78 Å². The fraction of sp³-hybridized carbons (Fsp3) is 0. The summed E-state index contributed by atoms with van der Waals surface area (Å²) in [6.45, 7) is 0. The summed E-state index contributed by atoms with van der Waals surface area (Å²) < 4.78 is 28.5. The fourth-order valence-corrected chi connectivity index (χ4v) is 2.15. The quantitative estimate of drug-likeness (QED) is 0.695. The molecule has 0 saturated heterocycles. The van der Waals surface area contributed by atoms with E-state index in [0.29, 0.717) is 11.4 Å². The Kier molecular flexibility index (Phi) is 3.70. The van der Waals surface area contributed by atoms with Crippen molar-refractivity contribution in [3.8, 4) is 22.6 Å². The highest BCUT2D eigenvalue weighted by molar-refractivity contribution is 9.10. The van der Waals surface area contributed by atoms with Crippen LogP contribution >= 0.6 is 15.9 Å². The van der Waals surface area contributed by atoms with Crippen LogP contribution in [0.1, 0.15) is 0 Å². The van der Waals surface area contributed by atoms with Crippen LogP contribution in [0.2, 0.25) is 0 Å². The predicted octanol–water partition coefficient (Wildman–Crippen LogP) is 4.25. The number of benzene rings is 2. The number of nitrogens with zero attached hydrogens (tertiary/aromatic N) is 3. The molecule has 21 heavy (non-hydrogen) atoms. The minimum Gasteiger partial charge on any atom is -0.225 e. The zero-order valence-corrected chi connectivity index (χ0v) is 12.2. The summed E-state index contributed by atoms with van der Waals surface area (Å²) in [6, 6.07) is 10.9. The molecule has 0 amide bonds. The summed E-state index contributed by atoms with van der Waals surface area (Å²) in [5, 5.41) is 7.69. The molecule has 3 rings (SSSR count). The SMILES string of the molecule is Fc1cccc(F)c1-c1cnnc(-c2ccc(Br)cc2)n1. The van der Waals surface area contributed by atoms with Gasteiger partial charge >= 0.3 is 0 Å². The van der Waals surface area contributed by atoms with Gasteiger partial charge in [-0.2, -0.15) is 5.10 Å². The lowest BCUT2D eigenvalue weighted by Gasteiger charge is -2.05. The number of hydrogen-bond donors (Lipinski definition) is 0. The van der Waals surface area contributed by atoms with Crippen LogP contribution in [0.25, 0.3) is 22.6 Å². The molecule has 1 aromatic heterocycles. The smallest absolute Gasteiger partial charge is 0.182 e. The minimum atomic E-state index is -0.683. The van der Waals surface area contributed by atoms with Crippen LogP contribution in [0, 0.1) is 11.6 Å². The normalized spacial score (nSPS) is 10.6. The summed E-state index contributed by atoms with van der Waals surface area (Å²) in [5.41, 5.74) is 0.619. The van der Waals surface area contributed by atoms with E-state index in [2.05, 4.69) is 31.1 Å². The van der Waals surface area contributed by atoms with Gasteiger partial charge in [0.15, 0.2) is 5.82 Å². The van der Waals surface area contributed by atoms with Crippen LogP contribution in [0.3, 0.4) is 0 Å². The number of aromatic nitrogens is 3. The Morgan fingerprint density at radius 1 is 0.905 bits per heavy atom. The van der Waals surface area contributed by atoms with Crippen LogP contribution < -0.4 is 0 Å². The first-order valence-corrected chi connectivity index (χ1v) is 6.84. The Bertz CT molecular complexity index is 771. The largest absolute Gasteiger partial charge is 0.225 e. The van der Waals surface area contributed by atoms with Crippen LogP contribution in [-0.4, -0.2) is 15.2 Å². The Morgan fingerprint density at radius 2 is 1.57 bits per heavy atom. The minimum absolute atomic E-state index is 0.110. The van der Waals surface area contributed by atoms with E-state index in [1.54, 1.807) is 12.1 Å². The van der Waals surface area contributed by atoms with E-state index in [-0.39, 0.29) is 11.3 Å². The van der Waals surface area contributed by atoms with Gasteiger partial charge in [-0.25, -0.2) is 13.8 Å². The molecular weight excluding hydrogens is 340 g/mol. The standard InChI is InChI=1S/C15H8BrF2N3/c16-10-6-4-9(5-7-10)15-20-13(8-19-21-15)14-11(17)2-1-3-12(14)18/h1-8H. The van der Waals surface area contributed by atoms with E-state index in [4.69, 9.17) is 0 Å². The summed E-state index contributed by atoms with van der Waals surface area (Å²) in [5.74, 6) is -1.06. The third-order valence-electron chi connectivity index (χ3n) is 2.88. The lowest BCUT2D eigenvalue weighted by atomic mass is 10.1. The highest BCUT2D eigenvalue weighted by Gasteiger charge is 2.14. The van der Waals surface area contributed by atoms with E-state index >= 15 is 0 Å². The monoisotopic (exact) mass is 347 g/mol. The van der Waals surface area contributed by atoms with Gasteiger partial charge in [-0.15, -0.1) is 5.10 Å². The second-order valence-electron chi connectivity index (χ2n) is 4.27. The molecule has 0 bridgehead atoms. The Morgan fingerprint density at radius 3 is 2.24 bits per heavy atom. The van der Waals surface area contributed by atoms with Crippen molar-refractivity contribution in [2.75, 3.05) is 0 Å². The number of halogens is 3. The molecule has 0 spiro atoms. The molecule has 3 aromatic rings. The maximum atomic E-state index is 13.8. The third-order valence-corrected chi connectivity index (χ3v) is 3.41. The van der Waals surface area contributed by atoms with Crippen molar-refractivity contribution in [2.45, 2.75) is 0 Å². The van der Waals surface area contributed by atoms with Gasteiger partial charge in [-0.05, 0) is 24.3 Å². The number of rotatable bonds is 2. The molecule has 0 saturated carbocycles. The molecule has 0 unspecified atom stereocenters. The second-order valence-corrected chi connectivity index (χ2v) is 5.18. The first kappa shape index (κ1) is 13.8. The molecule has 1 heterocycles. The maximum Gasteiger partial charge on any atom is 0.182 e. The Balaban J connectivity index is 2.10. The molecule has 0 aliphatic heterocycles. The second kappa shape index (κ2) is 5.65. The molecule has 6 heteroatoms. The third kappa shape index (κ3) is 2.80. The highest BCUT2D eigenvalue weighted by atomic mass is 79.9. The van der Waals surface area contributed by atoms with Crippen molar-refractivity contribution in [2.24, 2.45) is 0 Å². The Hall–Kier alpha value is -2.21. The van der Waals surface area contributed by atoms with Gasteiger partial charge in [-0.3, -0.25) is 0 Å². The first-order chi connectivity index (χ1) is 10.1. The van der Waals surface area contributed by atoms with Gasteiger partial charge in [0.1, 0.15) is 11.6 Å². The van der Waals surface area contributed by atoms with E-state index in [1.165, 1.54) is 24.4 Å². The zero-order chi connectivity index (χ0) is 14.8. The van der Waals surface area contributed by atoms with Crippen molar-refractivity contribution in [1.82, 2.24) is 15.2 Å². The van der Waals surface area contributed by atoms with Gasteiger partial charge in [0.2, 0.25) is 0 Å². The lowest BCUT2D eigenvalue weighted by molar-refractivity contribution is 0.588. The van der Waals surface area contributed by atoms with Crippen LogP contribution in [0.4, 0.5) is 8.78 Å². The van der Waals surface area contributed by atoms with Gasteiger partial charge in [0.05, 0.1) is 17.5 Å². The van der Waals surface area contributed by atoms with E-state index in [1.807, 2.05) is 12.1 Å². The average Bonchev–Trinajstić information content (AvgIpc) is 2.48. The highest BCUT2D eigenvalue weighted by Crippen LogP contribution is 2.25. The first-order valence-electron chi connectivity index (χ1n) is 6.05. The van der Waals surface area contributed by atoms with Crippen LogP contribution in [0.15, 0.2) is 53.1 Å². The van der Waals surface area contributed by atoms with E-state index in [0.717, 1.165) is 4.47 Å². The van der Waals surface area contributed by atoms with E-state index in [9.17, 15) is 8.78 Å². The summed E-state index contributed by atoms with van der Waals surface area (Å²) in [6.07, 6.45) is 1.24. The molecule has 2 aromatic carbocycles. The summed E-state index contributed by atoms with van der Waals surface area (Å²) in [7, 11) is 0. The maximum absolute atomic E-state index is 13.8. The molecule has 3 nitrogen and oxygen atoms in total. The molecule has 104 valence electrons. The molecule has 0 N–H and O–H groups in total. The van der Waals surface area contributed by atoms with Gasteiger partial charge < -0.3 is 0 Å². The van der Waals surface area contributed by atoms with Gasteiger partial charge in [-0.1, -0.05) is 34.1 Å². The average molecular weight is 348 g/mol. The van der Waals surface area contributed by atoms with E-state index < -0.39 is 11.6 Å². The van der Waals surface area contributed by atoms with Gasteiger partial charge in [0.25, 0.3) is 0 Å². The Labute approximate surface area is 127 Å². The molecule has 0 fully saturated rings. The van der Waals surface area contributed by atoms with Crippen molar-refractivity contribution in [3.63, 3.8) is 0 Å². The molecule has 0 radical (unpaired) electrons. The van der Waals surface area contributed by atoms with Crippen molar-refractivity contribution in [1.29, 1.82) is 0 Å².